The number of ether oxygens (including phenoxy) is 2. The van der Waals surface area contributed by atoms with E-state index >= 15 is 0 Å². The largest absolute Gasteiger partial charge is 0.465 e. The van der Waals surface area contributed by atoms with E-state index in [1.54, 1.807) is 30.0 Å². The number of piperazine rings is 1. The number of amides is 1. The third-order valence-electron chi connectivity index (χ3n) is 4.55. The molecule has 154 valence electrons. The fourth-order valence-corrected chi connectivity index (χ4v) is 3.13. The second kappa shape index (κ2) is 9.22. The average Bonchev–Trinajstić information content (AvgIpc) is 2.73. The van der Waals surface area contributed by atoms with E-state index in [9.17, 15) is 9.59 Å². The van der Waals surface area contributed by atoms with E-state index in [0.29, 0.717) is 55.7 Å². The van der Waals surface area contributed by atoms with Crippen molar-refractivity contribution >= 4 is 29.4 Å². The summed E-state index contributed by atoms with van der Waals surface area (Å²) in [7, 11) is 1.35. The van der Waals surface area contributed by atoms with Gasteiger partial charge in [-0.25, -0.2) is 19.6 Å². The lowest BCUT2D eigenvalue weighted by atomic mass is 10.2. The van der Waals surface area contributed by atoms with Crippen LogP contribution in [0.5, 0.6) is 0 Å². The lowest BCUT2D eigenvalue weighted by molar-refractivity contribution is 0.0601. The summed E-state index contributed by atoms with van der Waals surface area (Å²) in [6, 6.07) is 8.93. The maximum atomic E-state index is 12.0. The van der Waals surface area contributed by atoms with E-state index in [1.165, 1.54) is 7.11 Å². The molecule has 1 aromatic heterocycles. The number of nitrogens with one attached hydrogen (secondary N) is 1. The molecule has 1 saturated heterocycles. The third kappa shape index (κ3) is 4.92. The molecule has 0 bridgehead atoms. The van der Waals surface area contributed by atoms with E-state index in [1.807, 2.05) is 19.1 Å². The molecule has 0 radical (unpaired) electrons. The lowest BCUT2D eigenvalue weighted by Crippen LogP contribution is -2.49. The summed E-state index contributed by atoms with van der Waals surface area (Å²) in [5.74, 6) is 1.53. The highest BCUT2D eigenvalue weighted by Gasteiger charge is 2.23. The van der Waals surface area contributed by atoms with Crippen LogP contribution in [0, 0.1) is 6.92 Å². The molecule has 1 aliphatic heterocycles. The third-order valence-corrected chi connectivity index (χ3v) is 4.55. The summed E-state index contributed by atoms with van der Waals surface area (Å²) in [6.45, 7) is 6.40. The molecule has 0 aliphatic carbocycles. The van der Waals surface area contributed by atoms with Gasteiger partial charge in [0, 0.05) is 32.2 Å². The Morgan fingerprint density at radius 3 is 2.55 bits per heavy atom. The van der Waals surface area contributed by atoms with E-state index in [0.717, 1.165) is 5.82 Å². The van der Waals surface area contributed by atoms with Crippen molar-refractivity contribution in [3.05, 3.63) is 41.7 Å². The summed E-state index contributed by atoms with van der Waals surface area (Å²) in [4.78, 5) is 36.6. The first kappa shape index (κ1) is 20.4. The Morgan fingerprint density at radius 1 is 1.14 bits per heavy atom. The van der Waals surface area contributed by atoms with Gasteiger partial charge in [-0.05, 0) is 26.0 Å². The summed E-state index contributed by atoms with van der Waals surface area (Å²) >= 11 is 0. The zero-order valence-corrected chi connectivity index (χ0v) is 16.8. The van der Waals surface area contributed by atoms with Crippen LogP contribution in [0.4, 0.5) is 22.1 Å². The molecule has 1 amide bonds. The van der Waals surface area contributed by atoms with Crippen molar-refractivity contribution in [1.82, 2.24) is 14.9 Å². The lowest BCUT2D eigenvalue weighted by Gasteiger charge is -2.34. The number of carbonyl (C=O) groups excluding carboxylic acids is 2. The molecule has 0 unspecified atom stereocenters. The highest BCUT2D eigenvalue weighted by atomic mass is 16.6. The second-order valence-electron chi connectivity index (χ2n) is 6.49. The number of hydrogen-bond donors (Lipinski definition) is 1. The highest BCUT2D eigenvalue weighted by Crippen LogP contribution is 2.24. The van der Waals surface area contributed by atoms with Crippen LogP contribution in [0.25, 0.3) is 0 Å². The number of aryl methyl sites for hydroxylation is 1. The molecule has 1 aliphatic rings. The van der Waals surface area contributed by atoms with Crippen LogP contribution in [0.2, 0.25) is 0 Å². The van der Waals surface area contributed by atoms with Crippen molar-refractivity contribution in [2.24, 2.45) is 0 Å². The molecule has 1 aromatic carbocycles. The molecule has 1 fully saturated rings. The Labute approximate surface area is 169 Å². The minimum Gasteiger partial charge on any atom is -0.465 e. The molecule has 1 N–H and O–H groups in total. The molecule has 2 aromatic rings. The van der Waals surface area contributed by atoms with Crippen molar-refractivity contribution in [2.75, 3.05) is 50.1 Å². The standard InChI is InChI=1S/C20H25N5O4/c1-4-29-20(27)25-11-9-24(10-12-25)18-13-17(21-14(2)22-18)23-16-8-6-5-7-15(16)19(26)28-3/h5-8,13H,4,9-12H2,1-3H3,(H,21,22,23). The predicted octanol–water partition coefficient (Wildman–Crippen LogP) is 2.59. The van der Waals surface area contributed by atoms with Crippen LogP contribution in [0.3, 0.4) is 0 Å². The van der Waals surface area contributed by atoms with Gasteiger partial charge >= 0.3 is 12.1 Å². The number of anilines is 3. The van der Waals surface area contributed by atoms with Crippen LogP contribution in [0.15, 0.2) is 30.3 Å². The Hall–Kier alpha value is -3.36. The van der Waals surface area contributed by atoms with Crippen molar-refractivity contribution in [2.45, 2.75) is 13.8 Å². The maximum absolute atomic E-state index is 12.0. The molecule has 0 atom stereocenters. The number of rotatable bonds is 5. The summed E-state index contributed by atoms with van der Waals surface area (Å²) in [5.41, 5.74) is 1.03. The first-order valence-corrected chi connectivity index (χ1v) is 9.48. The Bertz CT molecular complexity index is 881. The number of carbonyl (C=O) groups is 2. The molecular weight excluding hydrogens is 374 g/mol. The van der Waals surface area contributed by atoms with Gasteiger partial charge in [-0.1, -0.05) is 12.1 Å². The topological polar surface area (TPSA) is 96.9 Å². The van der Waals surface area contributed by atoms with Gasteiger partial charge in [-0.15, -0.1) is 0 Å². The summed E-state index contributed by atoms with van der Waals surface area (Å²) < 4.78 is 9.90. The fraction of sp³-hybridized carbons (Fsp3) is 0.400. The van der Waals surface area contributed by atoms with Crippen molar-refractivity contribution in [3.8, 4) is 0 Å². The molecule has 9 nitrogen and oxygen atoms in total. The number of aromatic nitrogens is 2. The van der Waals surface area contributed by atoms with Gasteiger partial charge in [-0.3, -0.25) is 0 Å². The molecular formula is C20H25N5O4. The number of hydrogen-bond acceptors (Lipinski definition) is 8. The molecule has 0 saturated carbocycles. The number of para-hydroxylation sites is 1. The zero-order valence-electron chi connectivity index (χ0n) is 16.8. The van der Waals surface area contributed by atoms with Crippen LogP contribution < -0.4 is 10.2 Å². The van der Waals surface area contributed by atoms with E-state index < -0.39 is 5.97 Å². The second-order valence-corrected chi connectivity index (χ2v) is 6.49. The van der Waals surface area contributed by atoms with Crippen LogP contribution >= 0.6 is 0 Å². The van der Waals surface area contributed by atoms with Gasteiger partial charge in [0.05, 0.1) is 25.0 Å². The predicted molar refractivity (Wildman–Crippen MR) is 109 cm³/mol. The van der Waals surface area contributed by atoms with Crippen LogP contribution in [-0.4, -0.2) is 66.8 Å². The highest BCUT2D eigenvalue weighted by molar-refractivity contribution is 5.96. The van der Waals surface area contributed by atoms with Crippen LogP contribution in [0.1, 0.15) is 23.1 Å². The first-order valence-electron chi connectivity index (χ1n) is 9.48. The van der Waals surface area contributed by atoms with Gasteiger partial charge in [0.1, 0.15) is 17.5 Å². The van der Waals surface area contributed by atoms with Gasteiger partial charge in [0.15, 0.2) is 0 Å². The van der Waals surface area contributed by atoms with Crippen molar-refractivity contribution in [1.29, 1.82) is 0 Å². The van der Waals surface area contributed by atoms with E-state index in [2.05, 4.69) is 20.2 Å². The first-order chi connectivity index (χ1) is 14.0. The van der Waals surface area contributed by atoms with Crippen molar-refractivity contribution < 1.29 is 19.1 Å². The zero-order chi connectivity index (χ0) is 20.8. The number of benzene rings is 1. The van der Waals surface area contributed by atoms with Gasteiger partial charge in [0.25, 0.3) is 0 Å². The Kier molecular flexibility index (Phi) is 6.48. The minimum absolute atomic E-state index is 0.284. The molecule has 0 spiro atoms. The monoisotopic (exact) mass is 399 g/mol. The van der Waals surface area contributed by atoms with Gasteiger partial charge in [0.2, 0.25) is 0 Å². The van der Waals surface area contributed by atoms with Crippen LogP contribution in [-0.2, 0) is 9.47 Å². The Morgan fingerprint density at radius 2 is 1.86 bits per heavy atom. The Balaban J connectivity index is 1.75. The minimum atomic E-state index is -0.422. The maximum Gasteiger partial charge on any atom is 0.409 e. The molecule has 29 heavy (non-hydrogen) atoms. The summed E-state index contributed by atoms with van der Waals surface area (Å²) in [6.07, 6.45) is -0.284. The summed E-state index contributed by atoms with van der Waals surface area (Å²) in [5, 5.41) is 3.19. The molecule has 2 heterocycles. The van der Waals surface area contributed by atoms with Gasteiger partial charge in [-0.2, -0.15) is 0 Å². The smallest absolute Gasteiger partial charge is 0.409 e. The average molecular weight is 399 g/mol. The van der Waals surface area contributed by atoms with Crippen molar-refractivity contribution in [3.63, 3.8) is 0 Å². The number of esters is 1. The van der Waals surface area contributed by atoms with Gasteiger partial charge < -0.3 is 24.6 Å². The van der Waals surface area contributed by atoms with E-state index in [4.69, 9.17) is 9.47 Å². The van der Waals surface area contributed by atoms with E-state index in [-0.39, 0.29) is 6.09 Å². The fourth-order valence-electron chi connectivity index (χ4n) is 3.13. The number of methoxy groups -OCH3 is 1. The quantitative estimate of drug-likeness (QED) is 0.767. The molecule has 3 rings (SSSR count). The number of nitrogens with zero attached hydrogens (tertiary/aromatic N) is 4. The normalized spacial score (nSPS) is 13.8. The molecule has 9 heteroatoms. The SMILES string of the molecule is CCOC(=O)N1CCN(c2cc(Nc3ccccc3C(=O)OC)nc(C)n2)CC1.